The molecule has 44 heavy (non-hydrogen) atoms. The number of sulfonamides is 1. The summed E-state index contributed by atoms with van der Waals surface area (Å²) in [6.07, 6.45) is 0.0300. The maximum Gasteiger partial charge on any atom is 0.264 e. The fourth-order valence-corrected chi connectivity index (χ4v) is 7.14. The average molecular weight is 612 g/mol. The molecule has 2 aliphatic rings. The highest BCUT2D eigenvalue weighted by molar-refractivity contribution is 7.92. The van der Waals surface area contributed by atoms with Crippen LogP contribution < -0.4 is 9.46 Å². The predicted molar refractivity (Wildman–Crippen MR) is 170 cm³/mol. The summed E-state index contributed by atoms with van der Waals surface area (Å²) in [5.41, 5.74) is 4.77. The number of nitrogens with zero attached hydrogens (tertiary/aromatic N) is 4. The van der Waals surface area contributed by atoms with Gasteiger partial charge in [-0.3, -0.25) is 9.69 Å². The third-order valence-electron chi connectivity index (χ3n) is 8.48. The summed E-state index contributed by atoms with van der Waals surface area (Å²) in [6.45, 7) is 10.1. The lowest BCUT2D eigenvalue weighted by Crippen LogP contribution is -2.62. The Morgan fingerprint density at radius 2 is 1.66 bits per heavy atom. The molecule has 10 heteroatoms. The molecule has 3 heterocycles. The predicted octanol–water partition coefficient (Wildman–Crippen LogP) is 5.10. The minimum atomic E-state index is -4.12. The van der Waals surface area contributed by atoms with Crippen molar-refractivity contribution in [2.45, 2.75) is 57.2 Å². The molecule has 228 valence electrons. The molecule has 4 aromatic rings. The molecule has 2 atom stereocenters. The quantitative estimate of drug-likeness (QED) is 0.342. The van der Waals surface area contributed by atoms with Crippen molar-refractivity contribution < 1.29 is 17.9 Å². The highest BCUT2D eigenvalue weighted by Crippen LogP contribution is 2.32. The summed E-state index contributed by atoms with van der Waals surface area (Å²) in [5, 5.41) is 0. The first-order valence-electron chi connectivity index (χ1n) is 14.9. The monoisotopic (exact) mass is 611 g/mol. The number of fused-ring (bicyclic) bond motifs is 5. The van der Waals surface area contributed by atoms with Crippen LogP contribution in [0.25, 0.3) is 11.3 Å². The molecule has 6 rings (SSSR count). The summed E-state index contributed by atoms with van der Waals surface area (Å²) in [7, 11) is -4.12. The number of aryl methyl sites for hydroxylation is 2. The van der Waals surface area contributed by atoms with E-state index in [4.69, 9.17) is 4.74 Å². The molecular formula is C34H37N5O4S. The zero-order valence-corrected chi connectivity index (χ0v) is 26.2. The number of carbonyl (C=O) groups is 1. The molecule has 1 N–H and O–H groups in total. The Morgan fingerprint density at radius 1 is 0.932 bits per heavy atom. The highest BCUT2D eigenvalue weighted by atomic mass is 32.2. The molecule has 0 aliphatic carbocycles. The van der Waals surface area contributed by atoms with Crippen LogP contribution in [0.5, 0.6) is 5.88 Å². The Labute approximate surface area is 259 Å². The smallest absolute Gasteiger partial charge is 0.264 e. The van der Waals surface area contributed by atoms with Gasteiger partial charge in [-0.15, -0.1) is 0 Å². The van der Waals surface area contributed by atoms with Crippen LogP contribution in [-0.2, 0) is 16.4 Å². The van der Waals surface area contributed by atoms with E-state index in [1.165, 1.54) is 12.1 Å². The number of benzene rings is 3. The van der Waals surface area contributed by atoms with Crippen LogP contribution in [0.4, 0.5) is 5.95 Å². The molecule has 2 aliphatic heterocycles. The van der Waals surface area contributed by atoms with Crippen molar-refractivity contribution >= 4 is 21.9 Å². The van der Waals surface area contributed by atoms with Gasteiger partial charge in [0, 0.05) is 49.3 Å². The maximum absolute atomic E-state index is 14.1. The molecule has 0 radical (unpaired) electrons. The molecule has 1 fully saturated rings. The van der Waals surface area contributed by atoms with Crippen LogP contribution >= 0.6 is 0 Å². The first-order valence-corrected chi connectivity index (χ1v) is 16.4. The zero-order chi connectivity index (χ0) is 31.0. The number of hydrogen-bond acceptors (Lipinski definition) is 7. The van der Waals surface area contributed by atoms with E-state index in [2.05, 4.69) is 33.4 Å². The second-order valence-corrected chi connectivity index (χ2v) is 13.5. The minimum Gasteiger partial charge on any atom is -0.472 e. The van der Waals surface area contributed by atoms with Crippen molar-refractivity contribution in [2.75, 3.05) is 24.4 Å². The molecule has 1 amide bonds. The number of nitrogens with one attached hydrogen (secondary N) is 1. The van der Waals surface area contributed by atoms with Gasteiger partial charge in [0.1, 0.15) is 6.10 Å². The standard InChI is InChI=1S/C34H37N5O4S/c1-22(2)38-16-17-39-29(21-38)30(18-25-12-6-5-7-13-25)43-31-20-28(32-23(3)10-8-11-24(32)4)35-34(36-31)37-44(41,42)27-15-9-14-26(19-27)33(39)40/h5-15,19-20,22,29-30H,16-18,21H2,1-4H3,(H,35,36,37). The zero-order valence-electron chi connectivity index (χ0n) is 25.4. The van der Waals surface area contributed by atoms with Crippen LogP contribution in [0.15, 0.2) is 83.8 Å². The number of carbonyl (C=O) groups excluding carboxylic acids is 1. The van der Waals surface area contributed by atoms with E-state index >= 15 is 0 Å². The van der Waals surface area contributed by atoms with Gasteiger partial charge in [-0.2, -0.15) is 4.98 Å². The van der Waals surface area contributed by atoms with Gasteiger partial charge in [0.25, 0.3) is 15.9 Å². The molecule has 0 spiro atoms. The number of rotatable bonds is 4. The Kier molecular flexibility index (Phi) is 8.13. The van der Waals surface area contributed by atoms with Gasteiger partial charge < -0.3 is 9.64 Å². The fourth-order valence-electron chi connectivity index (χ4n) is 6.15. The molecular weight excluding hydrogens is 574 g/mol. The molecule has 0 saturated carbocycles. The third kappa shape index (κ3) is 6.05. The summed E-state index contributed by atoms with van der Waals surface area (Å²) < 4.78 is 36.5. The topological polar surface area (TPSA) is 105 Å². The Balaban J connectivity index is 1.56. The van der Waals surface area contributed by atoms with Crippen molar-refractivity contribution in [2.24, 2.45) is 0 Å². The van der Waals surface area contributed by atoms with Crippen molar-refractivity contribution in [3.63, 3.8) is 0 Å². The molecule has 9 nitrogen and oxygen atoms in total. The number of hydrogen-bond donors (Lipinski definition) is 1. The van der Waals surface area contributed by atoms with Gasteiger partial charge in [0.2, 0.25) is 11.8 Å². The van der Waals surface area contributed by atoms with E-state index in [0.717, 1.165) is 22.3 Å². The second kappa shape index (κ2) is 12.0. The number of anilines is 1. The lowest BCUT2D eigenvalue weighted by atomic mass is 9.96. The summed E-state index contributed by atoms with van der Waals surface area (Å²) in [5.74, 6) is -0.0967. The van der Waals surface area contributed by atoms with Crippen LogP contribution in [0.3, 0.4) is 0 Å². The first kappa shape index (κ1) is 29.8. The van der Waals surface area contributed by atoms with Crippen molar-refractivity contribution in [1.29, 1.82) is 0 Å². The molecule has 1 aromatic heterocycles. The van der Waals surface area contributed by atoms with Gasteiger partial charge in [0.05, 0.1) is 16.6 Å². The van der Waals surface area contributed by atoms with Gasteiger partial charge in [0.15, 0.2) is 0 Å². The Hall–Kier alpha value is -4.28. The van der Waals surface area contributed by atoms with Gasteiger partial charge in [-0.25, -0.2) is 18.1 Å². The van der Waals surface area contributed by atoms with E-state index in [-0.39, 0.29) is 34.7 Å². The van der Waals surface area contributed by atoms with Crippen LogP contribution in [0, 0.1) is 13.8 Å². The number of aromatic nitrogens is 2. The molecule has 3 aromatic carbocycles. The van der Waals surface area contributed by atoms with Gasteiger partial charge >= 0.3 is 0 Å². The first-order chi connectivity index (χ1) is 21.1. The van der Waals surface area contributed by atoms with E-state index in [0.29, 0.717) is 37.3 Å². The normalized spacial score (nSPS) is 20.0. The SMILES string of the molecule is Cc1cccc(C)c1-c1cc2nc(n1)NS(=O)(=O)c1cccc(c1)C(=O)N1CCN(C(C)C)CC1C(Cc1ccccc1)O2. The molecule has 1 saturated heterocycles. The summed E-state index contributed by atoms with van der Waals surface area (Å²) in [6, 6.07) is 23.9. The van der Waals surface area contributed by atoms with Crippen molar-refractivity contribution in [3.05, 3.63) is 101 Å². The fraction of sp³-hybridized carbons (Fsp3) is 0.324. The summed E-state index contributed by atoms with van der Waals surface area (Å²) in [4.78, 5) is 27.5. The lowest BCUT2D eigenvalue weighted by molar-refractivity contribution is -0.00110. The summed E-state index contributed by atoms with van der Waals surface area (Å²) >= 11 is 0. The molecule has 4 bridgehead atoms. The van der Waals surface area contributed by atoms with Crippen LogP contribution in [0.1, 0.15) is 40.9 Å². The molecule has 2 unspecified atom stereocenters. The highest BCUT2D eigenvalue weighted by Gasteiger charge is 2.39. The van der Waals surface area contributed by atoms with E-state index in [1.807, 2.05) is 67.3 Å². The van der Waals surface area contributed by atoms with Crippen molar-refractivity contribution in [3.8, 4) is 17.1 Å². The number of ether oxygens (including phenoxy) is 1. The number of piperazine rings is 1. The lowest BCUT2D eigenvalue weighted by Gasteiger charge is -2.45. The number of amides is 1. The largest absolute Gasteiger partial charge is 0.472 e. The Bertz CT molecular complexity index is 1770. The van der Waals surface area contributed by atoms with E-state index < -0.39 is 16.1 Å². The van der Waals surface area contributed by atoms with E-state index in [9.17, 15) is 13.2 Å². The van der Waals surface area contributed by atoms with Gasteiger partial charge in [-0.1, -0.05) is 54.6 Å². The average Bonchev–Trinajstić information content (AvgIpc) is 3.00. The van der Waals surface area contributed by atoms with Gasteiger partial charge in [-0.05, 0) is 62.6 Å². The minimum absolute atomic E-state index is 0.0376. The van der Waals surface area contributed by atoms with E-state index in [1.54, 1.807) is 18.2 Å². The van der Waals surface area contributed by atoms with Crippen molar-refractivity contribution in [1.82, 2.24) is 19.8 Å². The van der Waals surface area contributed by atoms with Crippen LogP contribution in [-0.4, -0.2) is 71.9 Å². The Morgan fingerprint density at radius 3 is 2.39 bits per heavy atom. The third-order valence-corrected chi connectivity index (χ3v) is 9.80. The van der Waals surface area contributed by atoms with Crippen LogP contribution in [0.2, 0.25) is 0 Å². The maximum atomic E-state index is 14.1. The second-order valence-electron chi connectivity index (χ2n) is 11.8.